The Morgan fingerprint density at radius 3 is 2.46 bits per heavy atom. The van der Waals surface area contributed by atoms with Gasteiger partial charge < -0.3 is 21.3 Å². The van der Waals surface area contributed by atoms with Crippen LogP contribution in [0.2, 0.25) is 0 Å². The lowest BCUT2D eigenvalue weighted by Gasteiger charge is -2.12. The molecular weight excluding hydrogens is 168 g/mol. The molecule has 0 heterocycles. The van der Waals surface area contributed by atoms with E-state index in [1.165, 1.54) is 6.92 Å². The molecule has 1 rings (SSSR count). The summed E-state index contributed by atoms with van der Waals surface area (Å²) in [6, 6.07) is 3.32. The Morgan fingerprint density at radius 1 is 1.31 bits per heavy atom. The average Bonchev–Trinajstić information content (AvgIpc) is 1.99. The highest BCUT2D eigenvalue weighted by atomic mass is 16.6. The lowest BCUT2D eigenvalue weighted by atomic mass is 10.1. The van der Waals surface area contributed by atoms with Crippen molar-refractivity contribution >= 4 is 11.4 Å². The van der Waals surface area contributed by atoms with Crippen LogP contribution in [-0.2, 0) is 0 Å². The van der Waals surface area contributed by atoms with E-state index in [9.17, 15) is 0 Å². The summed E-state index contributed by atoms with van der Waals surface area (Å²) in [5.74, 6) is 0.460. The molecule has 0 spiro atoms. The van der Waals surface area contributed by atoms with Gasteiger partial charge in [0.05, 0.1) is 5.69 Å². The van der Waals surface area contributed by atoms with Crippen LogP contribution in [0.15, 0.2) is 12.1 Å². The van der Waals surface area contributed by atoms with Crippen LogP contribution in [0, 0.1) is 6.92 Å². The predicted octanol–water partition coefficient (Wildman–Crippen LogP) is 0.877. The Kier molecular flexibility index (Phi) is 2.63. The van der Waals surface area contributed by atoms with Gasteiger partial charge >= 0.3 is 0 Å². The van der Waals surface area contributed by atoms with Crippen LogP contribution in [0.4, 0.5) is 11.4 Å². The summed E-state index contributed by atoms with van der Waals surface area (Å²) >= 11 is 0. The number of aliphatic hydroxyl groups is 1. The zero-order valence-corrected chi connectivity index (χ0v) is 7.74. The molecule has 1 aromatic carbocycles. The molecule has 4 heteroatoms. The Hall–Kier alpha value is -1.42. The standard InChI is InChI=1S/C9H14N2O2/c1-5-3-9(13-6(2)12)8(11)4-7(5)10/h3-4,6,12H,10-11H2,1-2H3/t6-/m1/s1. The van der Waals surface area contributed by atoms with Crippen molar-refractivity contribution in [2.75, 3.05) is 11.5 Å². The summed E-state index contributed by atoms with van der Waals surface area (Å²) in [6.07, 6.45) is -0.870. The normalized spacial score (nSPS) is 12.5. The van der Waals surface area contributed by atoms with Gasteiger partial charge in [0.25, 0.3) is 0 Å². The summed E-state index contributed by atoms with van der Waals surface area (Å²) in [7, 11) is 0. The molecule has 1 atom stereocenters. The molecule has 0 aliphatic rings. The lowest BCUT2D eigenvalue weighted by molar-refractivity contribution is 0.000254. The van der Waals surface area contributed by atoms with Gasteiger partial charge in [0.2, 0.25) is 0 Å². The van der Waals surface area contributed by atoms with Gasteiger partial charge in [0, 0.05) is 5.69 Å². The van der Waals surface area contributed by atoms with Gasteiger partial charge in [-0.2, -0.15) is 0 Å². The van der Waals surface area contributed by atoms with Crippen LogP contribution in [0.3, 0.4) is 0 Å². The molecule has 0 saturated heterocycles. The van der Waals surface area contributed by atoms with Gasteiger partial charge in [-0.15, -0.1) is 0 Å². The van der Waals surface area contributed by atoms with Gasteiger partial charge in [-0.3, -0.25) is 0 Å². The van der Waals surface area contributed by atoms with Crippen LogP contribution in [0.25, 0.3) is 0 Å². The molecule has 0 aliphatic carbocycles. The number of aliphatic hydroxyl groups excluding tert-OH is 1. The number of hydrogen-bond donors (Lipinski definition) is 3. The van der Waals surface area contributed by atoms with Crippen LogP contribution in [0.1, 0.15) is 12.5 Å². The summed E-state index contributed by atoms with van der Waals surface area (Å²) in [5, 5.41) is 8.98. The minimum atomic E-state index is -0.870. The topological polar surface area (TPSA) is 81.5 Å². The molecular formula is C9H14N2O2. The quantitative estimate of drug-likeness (QED) is 0.468. The summed E-state index contributed by atoms with van der Waals surface area (Å²) in [5.41, 5.74) is 13.2. The molecule has 0 saturated carbocycles. The number of rotatable bonds is 2. The number of hydrogen-bond acceptors (Lipinski definition) is 4. The maximum absolute atomic E-state index is 8.98. The second-order valence-electron chi connectivity index (χ2n) is 2.96. The molecule has 4 nitrogen and oxygen atoms in total. The first-order chi connectivity index (χ1) is 6.00. The zero-order chi connectivity index (χ0) is 10.0. The van der Waals surface area contributed by atoms with E-state index in [-0.39, 0.29) is 0 Å². The zero-order valence-electron chi connectivity index (χ0n) is 7.74. The molecule has 0 aliphatic heterocycles. The van der Waals surface area contributed by atoms with Gasteiger partial charge in [-0.25, -0.2) is 0 Å². The molecule has 0 bridgehead atoms. The van der Waals surface area contributed by atoms with E-state index in [2.05, 4.69) is 0 Å². The third-order valence-corrected chi connectivity index (χ3v) is 1.70. The molecule has 0 amide bonds. The fourth-order valence-corrected chi connectivity index (χ4v) is 1.00. The minimum Gasteiger partial charge on any atom is -0.463 e. The number of nitrogen functional groups attached to an aromatic ring is 2. The highest BCUT2D eigenvalue weighted by Crippen LogP contribution is 2.27. The smallest absolute Gasteiger partial charge is 0.194 e. The van der Waals surface area contributed by atoms with Crippen molar-refractivity contribution in [1.82, 2.24) is 0 Å². The van der Waals surface area contributed by atoms with E-state index in [0.29, 0.717) is 17.1 Å². The van der Waals surface area contributed by atoms with E-state index in [1.807, 2.05) is 6.92 Å². The number of aryl methyl sites for hydroxylation is 1. The number of anilines is 2. The van der Waals surface area contributed by atoms with Crippen LogP contribution in [-0.4, -0.2) is 11.4 Å². The second-order valence-corrected chi connectivity index (χ2v) is 2.96. The summed E-state index contributed by atoms with van der Waals surface area (Å²) in [6.45, 7) is 3.37. The van der Waals surface area contributed by atoms with E-state index < -0.39 is 6.29 Å². The number of nitrogens with two attached hydrogens (primary N) is 2. The summed E-state index contributed by atoms with van der Waals surface area (Å²) in [4.78, 5) is 0. The number of benzene rings is 1. The minimum absolute atomic E-state index is 0.434. The van der Waals surface area contributed by atoms with Crippen molar-refractivity contribution in [3.8, 4) is 5.75 Å². The summed E-state index contributed by atoms with van der Waals surface area (Å²) < 4.78 is 5.06. The predicted molar refractivity (Wildman–Crippen MR) is 52.3 cm³/mol. The second kappa shape index (κ2) is 3.53. The van der Waals surface area contributed by atoms with E-state index >= 15 is 0 Å². The molecule has 0 fully saturated rings. The van der Waals surface area contributed by atoms with E-state index in [0.717, 1.165) is 5.56 Å². The van der Waals surface area contributed by atoms with E-state index in [1.54, 1.807) is 12.1 Å². The first-order valence-corrected chi connectivity index (χ1v) is 4.01. The SMILES string of the molecule is Cc1cc(O[C@H](C)O)c(N)cc1N. The van der Waals surface area contributed by atoms with Crippen molar-refractivity contribution < 1.29 is 9.84 Å². The Morgan fingerprint density at radius 2 is 1.92 bits per heavy atom. The van der Waals surface area contributed by atoms with Crippen molar-refractivity contribution in [2.45, 2.75) is 20.1 Å². The van der Waals surface area contributed by atoms with Crippen molar-refractivity contribution in [3.05, 3.63) is 17.7 Å². The molecule has 0 radical (unpaired) electrons. The van der Waals surface area contributed by atoms with Crippen molar-refractivity contribution in [2.24, 2.45) is 0 Å². The third-order valence-electron chi connectivity index (χ3n) is 1.70. The van der Waals surface area contributed by atoms with Gasteiger partial charge in [0.15, 0.2) is 6.29 Å². The fraction of sp³-hybridized carbons (Fsp3) is 0.333. The molecule has 72 valence electrons. The molecule has 1 aromatic rings. The van der Waals surface area contributed by atoms with Crippen molar-refractivity contribution in [1.29, 1.82) is 0 Å². The Bertz CT molecular complexity index is 311. The van der Waals surface area contributed by atoms with Gasteiger partial charge in [0.1, 0.15) is 5.75 Å². The molecule has 5 N–H and O–H groups in total. The lowest BCUT2D eigenvalue weighted by Crippen LogP contribution is -2.11. The first kappa shape index (κ1) is 9.67. The van der Waals surface area contributed by atoms with Crippen LogP contribution in [0.5, 0.6) is 5.75 Å². The largest absolute Gasteiger partial charge is 0.463 e. The maximum Gasteiger partial charge on any atom is 0.194 e. The van der Waals surface area contributed by atoms with Crippen LogP contribution < -0.4 is 16.2 Å². The van der Waals surface area contributed by atoms with E-state index in [4.69, 9.17) is 21.3 Å². The maximum atomic E-state index is 8.98. The molecule has 13 heavy (non-hydrogen) atoms. The molecule has 0 aromatic heterocycles. The highest BCUT2D eigenvalue weighted by molar-refractivity contribution is 5.64. The third kappa shape index (κ3) is 2.26. The molecule has 0 unspecified atom stereocenters. The highest BCUT2D eigenvalue weighted by Gasteiger charge is 2.05. The Balaban J connectivity index is 3.01. The number of ether oxygens (including phenoxy) is 1. The Labute approximate surface area is 77.1 Å². The first-order valence-electron chi connectivity index (χ1n) is 4.01. The fourth-order valence-electron chi connectivity index (χ4n) is 1.00. The monoisotopic (exact) mass is 182 g/mol. The average molecular weight is 182 g/mol. The van der Waals surface area contributed by atoms with Crippen molar-refractivity contribution in [3.63, 3.8) is 0 Å². The van der Waals surface area contributed by atoms with Gasteiger partial charge in [-0.05, 0) is 31.5 Å². The van der Waals surface area contributed by atoms with Crippen LogP contribution >= 0.6 is 0 Å². The van der Waals surface area contributed by atoms with Gasteiger partial charge in [-0.1, -0.05) is 0 Å².